The number of rotatable bonds is 12. The van der Waals surface area contributed by atoms with Crippen molar-refractivity contribution in [2.75, 3.05) is 0 Å². The van der Waals surface area contributed by atoms with Crippen LogP contribution in [0.4, 0.5) is 0 Å². The number of fused-ring (bicyclic) bond motifs is 1. The summed E-state index contributed by atoms with van der Waals surface area (Å²) < 4.78 is 5.61. The van der Waals surface area contributed by atoms with Crippen LogP contribution in [0.1, 0.15) is 85.0 Å². The quantitative estimate of drug-likeness (QED) is 0.467. The number of allylic oxidation sites excluding steroid dienone is 2. The number of Topliss-reactive ketones (excluding diaryl/α,β-unsaturated/α-hetero) is 1. The maximum atomic E-state index is 12.6. The first-order valence-electron chi connectivity index (χ1n) is 11.0. The Morgan fingerprint density at radius 2 is 1.83 bits per heavy atom. The minimum Gasteiger partial charge on any atom is -0.469 e. The summed E-state index contributed by atoms with van der Waals surface area (Å²) in [6, 6.07) is 0. The topological polar surface area (TPSA) is 83.8 Å². The van der Waals surface area contributed by atoms with Gasteiger partial charge in [-0.25, -0.2) is 0 Å². The summed E-state index contributed by atoms with van der Waals surface area (Å²) >= 11 is 0. The van der Waals surface area contributed by atoms with Crippen molar-refractivity contribution in [2.45, 2.75) is 96.7 Å². The van der Waals surface area contributed by atoms with Crippen molar-refractivity contribution in [1.29, 1.82) is 0 Å². The Balaban J connectivity index is 1.95. The maximum absolute atomic E-state index is 12.6. The highest BCUT2D eigenvalue weighted by Crippen LogP contribution is 2.41. The van der Waals surface area contributed by atoms with Crippen LogP contribution in [0.5, 0.6) is 0 Å². The van der Waals surface area contributed by atoms with Crippen LogP contribution in [0.15, 0.2) is 35.3 Å². The van der Waals surface area contributed by atoms with E-state index in [9.17, 15) is 19.8 Å². The number of carbonyl (C=O) groups is 2. The van der Waals surface area contributed by atoms with Crippen LogP contribution < -0.4 is 0 Å². The van der Waals surface area contributed by atoms with Crippen molar-refractivity contribution in [3.05, 3.63) is 35.3 Å². The van der Waals surface area contributed by atoms with Gasteiger partial charge in [-0.3, -0.25) is 9.59 Å². The highest BCUT2D eigenvalue weighted by atomic mass is 16.5. The Hall–Kier alpha value is -1.72. The molecule has 2 N–H and O–H groups in total. The van der Waals surface area contributed by atoms with Gasteiger partial charge in [-0.05, 0) is 38.0 Å². The lowest BCUT2D eigenvalue weighted by Gasteiger charge is -2.37. The standard InChI is InChI=1S/C24H36O5/c1-4-5-6-7-8-9-10-11-19(26)15-22-21-16-29-20(12-17(2)25)13-18(21)14-23(27)24(22,3)28/h13-14,16-17,22,25,28H,4-12,15H2,1-3H3. The van der Waals surface area contributed by atoms with Crippen LogP contribution in [0.2, 0.25) is 0 Å². The third-order valence-electron chi connectivity index (χ3n) is 5.81. The van der Waals surface area contributed by atoms with E-state index >= 15 is 0 Å². The van der Waals surface area contributed by atoms with E-state index in [2.05, 4.69) is 6.92 Å². The molecule has 29 heavy (non-hydrogen) atoms. The zero-order chi connectivity index (χ0) is 21.4. The van der Waals surface area contributed by atoms with Gasteiger partial charge in [-0.15, -0.1) is 0 Å². The minimum absolute atomic E-state index is 0.0672. The van der Waals surface area contributed by atoms with E-state index in [1.54, 1.807) is 13.0 Å². The van der Waals surface area contributed by atoms with Crippen LogP contribution in [-0.4, -0.2) is 33.5 Å². The number of ketones is 2. The molecule has 2 rings (SSSR count). The molecule has 1 aliphatic heterocycles. The summed E-state index contributed by atoms with van der Waals surface area (Å²) in [5, 5.41) is 20.3. The highest BCUT2D eigenvalue weighted by molar-refractivity contribution is 6.01. The monoisotopic (exact) mass is 404 g/mol. The van der Waals surface area contributed by atoms with Crippen LogP contribution in [-0.2, 0) is 14.3 Å². The SMILES string of the molecule is CCCCCCCCCC(=O)CC1C2=COC(CC(C)O)=CC2=CC(=O)C1(C)O. The summed E-state index contributed by atoms with van der Waals surface area (Å²) in [4.78, 5) is 25.1. The molecule has 0 saturated carbocycles. The van der Waals surface area contributed by atoms with Gasteiger partial charge in [0.2, 0.25) is 0 Å². The number of hydrogen-bond donors (Lipinski definition) is 2. The van der Waals surface area contributed by atoms with E-state index in [4.69, 9.17) is 4.74 Å². The Kier molecular flexibility index (Phi) is 8.84. The van der Waals surface area contributed by atoms with Gasteiger partial charge in [0.05, 0.1) is 12.4 Å². The Bertz CT molecular complexity index is 681. The van der Waals surface area contributed by atoms with E-state index in [0.717, 1.165) is 19.3 Å². The van der Waals surface area contributed by atoms with E-state index in [0.29, 0.717) is 29.7 Å². The van der Waals surface area contributed by atoms with Gasteiger partial charge in [0.25, 0.3) is 0 Å². The summed E-state index contributed by atoms with van der Waals surface area (Å²) in [5.74, 6) is -0.376. The Labute approximate surface area is 174 Å². The zero-order valence-electron chi connectivity index (χ0n) is 18.1. The maximum Gasteiger partial charge on any atom is 0.188 e. The van der Waals surface area contributed by atoms with Gasteiger partial charge >= 0.3 is 0 Å². The summed E-state index contributed by atoms with van der Waals surface area (Å²) in [7, 11) is 0. The fraction of sp³-hybridized carbons (Fsp3) is 0.667. The first kappa shape index (κ1) is 23.6. The molecule has 0 saturated heterocycles. The first-order valence-corrected chi connectivity index (χ1v) is 11.0. The normalized spacial score (nSPS) is 24.8. The molecule has 0 aromatic carbocycles. The minimum atomic E-state index is -1.62. The van der Waals surface area contributed by atoms with Crippen molar-refractivity contribution in [3.63, 3.8) is 0 Å². The van der Waals surface area contributed by atoms with Crippen molar-refractivity contribution < 1.29 is 24.5 Å². The van der Waals surface area contributed by atoms with Crippen LogP contribution >= 0.6 is 0 Å². The predicted molar refractivity (Wildman–Crippen MR) is 113 cm³/mol. The lowest BCUT2D eigenvalue weighted by Crippen LogP contribution is -2.47. The fourth-order valence-corrected chi connectivity index (χ4v) is 3.98. The highest BCUT2D eigenvalue weighted by Gasteiger charge is 2.45. The molecule has 0 aromatic rings. The average molecular weight is 405 g/mol. The molecule has 1 heterocycles. The van der Waals surface area contributed by atoms with Gasteiger partial charge < -0.3 is 14.9 Å². The van der Waals surface area contributed by atoms with Crippen molar-refractivity contribution >= 4 is 11.6 Å². The summed E-state index contributed by atoms with van der Waals surface area (Å²) in [6.07, 6.45) is 13.1. The summed E-state index contributed by atoms with van der Waals surface area (Å²) in [5.41, 5.74) is -0.279. The molecule has 162 valence electrons. The van der Waals surface area contributed by atoms with E-state index in [1.165, 1.54) is 44.9 Å². The molecule has 0 spiro atoms. The van der Waals surface area contributed by atoms with E-state index in [1.807, 2.05) is 0 Å². The zero-order valence-corrected chi connectivity index (χ0v) is 18.1. The lowest BCUT2D eigenvalue weighted by atomic mass is 9.70. The number of aliphatic hydroxyl groups excluding tert-OH is 1. The number of aliphatic hydroxyl groups is 2. The van der Waals surface area contributed by atoms with Gasteiger partial charge in [-0.2, -0.15) is 0 Å². The predicted octanol–water partition coefficient (Wildman–Crippen LogP) is 4.53. The van der Waals surface area contributed by atoms with Gasteiger partial charge in [0.1, 0.15) is 17.1 Å². The molecule has 0 bridgehead atoms. The lowest BCUT2D eigenvalue weighted by molar-refractivity contribution is -0.137. The Morgan fingerprint density at radius 3 is 2.48 bits per heavy atom. The Morgan fingerprint density at radius 1 is 1.17 bits per heavy atom. The van der Waals surface area contributed by atoms with Crippen molar-refractivity contribution in [1.82, 2.24) is 0 Å². The molecule has 3 unspecified atom stereocenters. The molecule has 0 radical (unpaired) electrons. The summed E-state index contributed by atoms with van der Waals surface area (Å²) in [6.45, 7) is 5.34. The smallest absolute Gasteiger partial charge is 0.188 e. The molecule has 5 heteroatoms. The van der Waals surface area contributed by atoms with Crippen LogP contribution in [0.3, 0.4) is 0 Å². The number of carbonyl (C=O) groups excluding carboxylic acids is 2. The third-order valence-corrected chi connectivity index (χ3v) is 5.81. The average Bonchev–Trinajstić information content (AvgIpc) is 2.64. The van der Waals surface area contributed by atoms with Gasteiger partial charge in [0.15, 0.2) is 5.78 Å². The molecule has 0 amide bonds. The third kappa shape index (κ3) is 6.65. The molecule has 2 aliphatic rings. The molecule has 1 aliphatic carbocycles. The van der Waals surface area contributed by atoms with Crippen molar-refractivity contribution in [2.24, 2.45) is 5.92 Å². The number of unbranched alkanes of at least 4 members (excludes halogenated alkanes) is 6. The second kappa shape index (κ2) is 10.9. The molecule has 0 aromatic heterocycles. The number of hydrogen-bond acceptors (Lipinski definition) is 5. The van der Waals surface area contributed by atoms with Gasteiger partial charge in [-0.1, -0.05) is 45.4 Å². The van der Waals surface area contributed by atoms with E-state index < -0.39 is 23.4 Å². The van der Waals surface area contributed by atoms with Gasteiger partial charge in [0, 0.05) is 30.8 Å². The fourth-order valence-electron chi connectivity index (χ4n) is 3.98. The second-order valence-corrected chi connectivity index (χ2v) is 8.63. The molecule has 5 nitrogen and oxygen atoms in total. The van der Waals surface area contributed by atoms with E-state index in [-0.39, 0.29) is 12.2 Å². The second-order valence-electron chi connectivity index (χ2n) is 8.63. The molecular weight excluding hydrogens is 368 g/mol. The molecular formula is C24H36O5. The van der Waals surface area contributed by atoms with Crippen LogP contribution in [0.25, 0.3) is 0 Å². The number of ether oxygens (including phenoxy) is 1. The largest absolute Gasteiger partial charge is 0.469 e. The van der Waals surface area contributed by atoms with Crippen molar-refractivity contribution in [3.8, 4) is 0 Å². The molecule has 3 atom stereocenters. The first-order chi connectivity index (χ1) is 13.8. The van der Waals surface area contributed by atoms with Crippen LogP contribution in [0, 0.1) is 5.92 Å². The molecule has 0 fully saturated rings.